The van der Waals surface area contributed by atoms with Crippen molar-refractivity contribution in [2.24, 2.45) is 5.73 Å². The molecule has 0 aliphatic rings. The molecular weight excluding hydrogens is 220 g/mol. The van der Waals surface area contributed by atoms with E-state index in [-0.39, 0.29) is 5.54 Å². The molecule has 0 fully saturated rings. The van der Waals surface area contributed by atoms with Crippen molar-refractivity contribution in [2.45, 2.75) is 52.0 Å². The molecule has 0 aliphatic heterocycles. The molecule has 102 valence electrons. The minimum Gasteiger partial charge on any atom is -0.330 e. The van der Waals surface area contributed by atoms with Crippen LogP contribution in [0.15, 0.2) is 24.3 Å². The maximum absolute atomic E-state index is 5.60. The Kier molecular flexibility index (Phi) is 5.83. The maximum Gasteiger partial charge on any atom is 0.0137 e. The van der Waals surface area contributed by atoms with Crippen molar-refractivity contribution in [1.82, 2.24) is 5.32 Å². The third kappa shape index (κ3) is 5.19. The summed E-state index contributed by atoms with van der Waals surface area (Å²) < 4.78 is 0. The van der Waals surface area contributed by atoms with Gasteiger partial charge in [-0.25, -0.2) is 0 Å². The number of hydrogen-bond donors (Lipinski definition) is 2. The lowest BCUT2D eigenvalue weighted by Crippen LogP contribution is -2.41. The Hall–Kier alpha value is -0.860. The molecule has 0 bridgehead atoms. The highest BCUT2D eigenvalue weighted by molar-refractivity contribution is 5.24. The Balaban J connectivity index is 2.40. The molecule has 1 aromatic rings. The molecule has 2 nitrogen and oxygen atoms in total. The van der Waals surface area contributed by atoms with Crippen LogP contribution in [-0.2, 0) is 6.42 Å². The second-order valence-corrected chi connectivity index (χ2v) is 6.00. The largest absolute Gasteiger partial charge is 0.330 e. The van der Waals surface area contributed by atoms with Crippen molar-refractivity contribution in [2.75, 3.05) is 13.1 Å². The molecule has 0 unspecified atom stereocenters. The third-order valence-electron chi connectivity index (χ3n) is 3.43. The van der Waals surface area contributed by atoms with Crippen molar-refractivity contribution in [3.63, 3.8) is 0 Å². The Morgan fingerprint density at radius 2 is 1.78 bits per heavy atom. The van der Waals surface area contributed by atoms with Crippen molar-refractivity contribution in [1.29, 1.82) is 0 Å². The number of benzene rings is 1. The molecule has 18 heavy (non-hydrogen) atoms. The van der Waals surface area contributed by atoms with Crippen LogP contribution in [0.3, 0.4) is 0 Å². The molecule has 0 saturated carbocycles. The molecule has 0 aliphatic carbocycles. The van der Waals surface area contributed by atoms with Crippen molar-refractivity contribution >= 4 is 0 Å². The molecule has 1 rings (SSSR count). The van der Waals surface area contributed by atoms with Gasteiger partial charge in [0.2, 0.25) is 0 Å². The molecular formula is C16H28N2. The van der Waals surface area contributed by atoms with E-state index in [0.717, 1.165) is 25.9 Å². The summed E-state index contributed by atoms with van der Waals surface area (Å²) in [6.07, 6.45) is 2.09. The monoisotopic (exact) mass is 248 g/mol. The van der Waals surface area contributed by atoms with Crippen molar-refractivity contribution in [3.05, 3.63) is 35.4 Å². The Morgan fingerprint density at radius 1 is 1.17 bits per heavy atom. The predicted molar refractivity (Wildman–Crippen MR) is 80.0 cm³/mol. The zero-order valence-electron chi connectivity index (χ0n) is 12.3. The van der Waals surface area contributed by atoms with Crippen LogP contribution in [0.25, 0.3) is 0 Å². The lowest BCUT2D eigenvalue weighted by molar-refractivity contribution is 0.370. The minimum atomic E-state index is 0.145. The predicted octanol–water partition coefficient (Wildman–Crippen LogP) is 3.07. The van der Waals surface area contributed by atoms with Crippen LogP contribution in [-0.4, -0.2) is 18.6 Å². The number of hydrogen-bond acceptors (Lipinski definition) is 2. The van der Waals surface area contributed by atoms with Crippen LogP contribution >= 0.6 is 0 Å². The summed E-state index contributed by atoms with van der Waals surface area (Å²) in [7, 11) is 0. The molecule has 3 N–H and O–H groups in total. The lowest BCUT2D eigenvalue weighted by atomic mass is 9.99. The molecule has 1 aromatic carbocycles. The molecule has 2 heteroatoms. The van der Waals surface area contributed by atoms with Gasteiger partial charge in [0.05, 0.1) is 0 Å². The van der Waals surface area contributed by atoms with E-state index >= 15 is 0 Å². The Bertz CT molecular complexity index is 339. The van der Waals surface area contributed by atoms with Gasteiger partial charge >= 0.3 is 0 Å². The summed E-state index contributed by atoms with van der Waals surface area (Å²) in [5.74, 6) is 0.612. The van der Waals surface area contributed by atoms with Crippen LogP contribution < -0.4 is 11.1 Å². The van der Waals surface area contributed by atoms with E-state index in [2.05, 4.69) is 57.3 Å². The fourth-order valence-corrected chi connectivity index (χ4v) is 2.06. The van der Waals surface area contributed by atoms with Crippen molar-refractivity contribution < 1.29 is 0 Å². The van der Waals surface area contributed by atoms with E-state index in [1.807, 2.05) is 0 Å². The maximum atomic E-state index is 5.60. The molecule has 0 spiro atoms. The average Bonchev–Trinajstić information content (AvgIpc) is 2.29. The first-order chi connectivity index (χ1) is 8.44. The van der Waals surface area contributed by atoms with Gasteiger partial charge in [0.1, 0.15) is 0 Å². The van der Waals surface area contributed by atoms with E-state index < -0.39 is 0 Å². The Labute approximate surface area is 112 Å². The molecule has 0 heterocycles. The third-order valence-corrected chi connectivity index (χ3v) is 3.43. The number of nitrogens with two attached hydrogens (primary N) is 1. The fraction of sp³-hybridized carbons (Fsp3) is 0.625. The first kappa shape index (κ1) is 15.2. The van der Waals surface area contributed by atoms with Gasteiger partial charge in [-0.1, -0.05) is 38.1 Å². The van der Waals surface area contributed by atoms with Gasteiger partial charge < -0.3 is 11.1 Å². The summed E-state index contributed by atoms with van der Waals surface area (Å²) in [5.41, 5.74) is 8.56. The minimum absolute atomic E-state index is 0.145. The second kappa shape index (κ2) is 6.91. The van der Waals surface area contributed by atoms with E-state index in [0.29, 0.717) is 5.92 Å². The smallest absolute Gasteiger partial charge is 0.0137 e. The summed E-state index contributed by atoms with van der Waals surface area (Å²) in [6, 6.07) is 8.97. The lowest BCUT2D eigenvalue weighted by Gasteiger charge is -2.25. The van der Waals surface area contributed by atoms with Crippen LogP contribution in [0.5, 0.6) is 0 Å². The zero-order valence-corrected chi connectivity index (χ0v) is 12.3. The second-order valence-electron chi connectivity index (χ2n) is 6.00. The van der Waals surface area contributed by atoms with E-state index in [1.165, 1.54) is 11.1 Å². The molecule has 0 atom stereocenters. The summed E-state index contributed by atoms with van der Waals surface area (Å²) >= 11 is 0. The highest BCUT2D eigenvalue weighted by atomic mass is 14.9. The van der Waals surface area contributed by atoms with Gasteiger partial charge in [0.15, 0.2) is 0 Å². The van der Waals surface area contributed by atoms with Crippen LogP contribution in [0.2, 0.25) is 0 Å². The highest BCUT2D eigenvalue weighted by Crippen LogP contribution is 2.15. The first-order valence-electron chi connectivity index (χ1n) is 6.98. The summed E-state index contributed by atoms with van der Waals surface area (Å²) in [6.45, 7) is 10.6. The number of rotatable bonds is 7. The highest BCUT2D eigenvalue weighted by Gasteiger charge is 2.14. The zero-order chi connectivity index (χ0) is 13.6. The van der Waals surface area contributed by atoms with E-state index in [9.17, 15) is 0 Å². The number of nitrogens with one attached hydrogen (secondary N) is 1. The topological polar surface area (TPSA) is 38.0 Å². The first-order valence-corrected chi connectivity index (χ1v) is 6.98. The molecule has 0 radical (unpaired) electrons. The SMILES string of the molecule is CC(C)c1ccc(CCNC(C)(C)CCN)cc1. The normalized spacial score (nSPS) is 12.1. The van der Waals surface area contributed by atoms with Crippen LogP contribution in [0.4, 0.5) is 0 Å². The molecule has 0 saturated heterocycles. The van der Waals surface area contributed by atoms with Crippen LogP contribution in [0.1, 0.15) is 51.2 Å². The van der Waals surface area contributed by atoms with Gasteiger partial charge in [-0.2, -0.15) is 0 Å². The Morgan fingerprint density at radius 3 is 2.28 bits per heavy atom. The van der Waals surface area contributed by atoms with Gasteiger partial charge in [0, 0.05) is 5.54 Å². The average molecular weight is 248 g/mol. The molecule has 0 aromatic heterocycles. The summed E-state index contributed by atoms with van der Waals surface area (Å²) in [5, 5.41) is 3.57. The van der Waals surface area contributed by atoms with Crippen molar-refractivity contribution in [3.8, 4) is 0 Å². The molecule has 0 amide bonds. The van der Waals surface area contributed by atoms with E-state index in [1.54, 1.807) is 0 Å². The quantitative estimate of drug-likeness (QED) is 0.778. The van der Waals surface area contributed by atoms with Crippen LogP contribution in [0, 0.1) is 0 Å². The van der Waals surface area contributed by atoms with Gasteiger partial charge in [-0.05, 0) is 56.8 Å². The van der Waals surface area contributed by atoms with Gasteiger partial charge in [-0.15, -0.1) is 0 Å². The fourth-order valence-electron chi connectivity index (χ4n) is 2.06. The summed E-state index contributed by atoms with van der Waals surface area (Å²) in [4.78, 5) is 0. The van der Waals surface area contributed by atoms with Gasteiger partial charge in [-0.3, -0.25) is 0 Å². The van der Waals surface area contributed by atoms with E-state index in [4.69, 9.17) is 5.73 Å². The standard InChI is InChI=1S/C16H28N2/c1-13(2)15-7-5-14(6-8-15)9-12-18-16(3,4)10-11-17/h5-8,13,18H,9-12,17H2,1-4H3. The van der Waals surface area contributed by atoms with Gasteiger partial charge in [0.25, 0.3) is 0 Å².